The number of hydrogen-bond donors (Lipinski definition) is 1. The zero-order chi connectivity index (χ0) is 13.9. The smallest absolute Gasteiger partial charge is 0.140 e. The van der Waals surface area contributed by atoms with Crippen LogP contribution in [0.4, 0.5) is 0 Å². The lowest BCUT2D eigenvalue weighted by molar-refractivity contribution is 0.407. The second kappa shape index (κ2) is 5.52. The van der Waals surface area contributed by atoms with Gasteiger partial charge in [-0.2, -0.15) is 5.10 Å². The summed E-state index contributed by atoms with van der Waals surface area (Å²) >= 11 is 0. The summed E-state index contributed by atoms with van der Waals surface area (Å²) in [5.74, 6) is 2.02. The number of imidazole rings is 1. The van der Waals surface area contributed by atoms with E-state index >= 15 is 0 Å². The maximum absolute atomic E-state index is 4.32. The summed E-state index contributed by atoms with van der Waals surface area (Å²) in [5.41, 5.74) is 0.0798. The molecule has 2 aromatic heterocycles. The van der Waals surface area contributed by atoms with Crippen molar-refractivity contribution < 1.29 is 0 Å². The Labute approximate surface area is 113 Å². The number of rotatable bonds is 5. The molecule has 0 aliphatic carbocycles. The molecule has 0 fully saturated rings. The topological polar surface area (TPSA) is 60.6 Å². The Hall–Kier alpha value is -1.69. The molecule has 0 bridgehead atoms. The summed E-state index contributed by atoms with van der Waals surface area (Å²) in [6.45, 7) is 7.95. The van der Waals surface area contributed by atoms with Crippen molar-refractivity contribution in [2.45, 2.75) is 45.8 Å². The van der Waals surface area contributed by atoms with Crippen LogP contribution in [-0.2, 0) is 26.6 Å². The lowest BCUT2D eigenvalue weighted by atomic mass is 10.1. The van der Waals surface area contributed by atoms with Crippen molar-refractivity contribution in [1.82, 2.24) is 29.6 Å². The number of hydrogen-bond acceptors (Lipinski definition) is 4. The standard InChI is InChI=1S/C13H22N6/c1-13(2,3)16-9-12-15-10-17-19(12)7-5-11-14-6-8-18(11)4/h6,8,10,16H,5,7,9H2,1-4H3. The van der Waals surface area contributed by atoms with Crippen molar-refractivity contribution in [2.75, 3.05) is 0 Å². The highest BCUT2D eigenvalue weighted by Crippen LogP contribution is 2.03. The third-order valence-electron chi connectivity index (χ3n) is 2.94. The normalized spacial score (nSPS) is 12.0. The molecule has 0 atom stereocenters. The summed E-state index contributed by atoms with van der Waals surface area (Å²) in [7, 11) is 2.01. The van der Waals surface area contributed by atoms with E-state index in [1.807, 2.05) is 28.7 Å². The minimum atomic E-state index is 0.0798. The molecule has 0 aliphatic heterocycles. The highest BCUT2D eigenvalue weighted by atomic mass is 15.3. The minimum absolute atomic E-state index is 0.0798. The van der Waals surface area contributed by atoms with Crippen LogP contribution in [0.3, 0.4) is 0 Å². The number of nitrogens with zero attached hydrogens (tertiary/aromatic N) is 5. The summed E-state index contributed by atoms with van der Waals surface area (Å²) in [5, 5.41) is 7.70. The largest absolute Gasteiger partial charge is 0.338 e. The Kier molecular flexibility index (Phi) is 3.99. The SMILES string of the molecule is Cn1ccnc1CCn1ncnc1CNC(C)(C)C. The second-order valence-electron chi connectivity index (χ2n) is 5.71. The van der Waals surface area contributed by atoms with E-state index in [-0.39, 0.29) is 5.54 Å². The van der Waals surface area contributed by atoms with E-state index in [2.05, 4.69) is 41.2 Å². The summed E-state index contributed by atoms with van der Waals surface area (Å²) in [4.78, 5) is 8.62. The van der Waals surface area contributed by atoms with Crippen LogP contribution in [0.25, 0.3) is 0 Å². The second-order valence-corrected chi connectivity index (χ2v) is 5.71. The van der Waals surface area contributed by atoms with E-state index in [1.54, 1.807) is 6.33 Å². The molecular formula is C13H22N6. The zero-order valence-electron chi connectivity index (χ0n) is 12.1. The maximum Gasteiger partial charge on any atom is 0.140 e. The average Bonchev–Trinajstić information content (AvgIpc) is 2.91. The molecule has 104 valence electrons. The molecule has 6 heteroatoms. The first-order valence-corrected chi connectivity index (χ1v) is 6.53. The minimum Gasteiger partial charge on any atom is -0.338 e. The van der Waals surface area contributed by atoms with E-state index in [0.717, 1.165) is 31.2 Å². The van der Waals surface area contributed by atoms with Crippen LogP contribution >= 0.6 is 0 Å². The fourth-order valence-corrected chi connectivity index (χ4v) is 1.80. The van der Waals surface area contributed by atoms with Gasteiger partial charge in [0.1, 0.15) is 18.0 Å². The number of aryl methyl sites for hydroxylation is 3. The van der Waals surface area contributed by atoms with Gasteiger partial charge in [-0.15, -0.1) is 0 Å². The summed E-state index contributed by atoms with van der Waals surface area (Å²) in [6.07, 6.45) is 6.24. The van der Waals surface area contributed by atoms with Crippen molar-refractivity contribution in [3.63, 3.8) is 0 Å². The van der Waals surface area contributed by atoms with Gasteiger partial charge < -0.3 is 9.88 Å². The first-order valence-electron chi connectivity index (χ1n) is 6.53. The molecule has 0 unspecified atom stereocenters. The van der Waals surface area contributed by atoms with Gasteiger partial charge in [-0.25, -0.2) is 14.6 Å². The van der Waals surface area contributed by atoms with Crippen LogP contribution in [0.1, 0.15) is 32.4 Å². The lowest BCUT2D eigenvalue weighted by Gasteiger charge is -2.20. The third-order valence-corrected chi connectivity index (χ3v) is 2.94. The van der Waals surface area contributed by atoms with E-state index in [1.165, 1.54) is 0 Å². The molecule has 2 rings (SSSR count). The molecule has 19 heavy (non-hydrogen) atoms. The molecular weight excluding hydrogens is 240 g/mol. The van der Waals surface area contributed by atoms with Crippen molar-refractivity contribution in [3.8, 4) is 0 Å². The molecule has 1 N–H and O–H groups in total. The molecule has 0 radical (unpaired) electrons. The van der Waals surface area contributed by atoms with Crippen LogP contribution in [0.2, 0.25) is 0 Å². The van der Waals surface area contributed by atoms with Crippen molar-refractivity contribution in [3.05, 3.63) is 30.4 Å². The fourth-order valence-electron chi connectivity index (χ4n) is 1.80. The first-order chi connectivity index (χ1) is 8.96. The summed E-state index contributed by atoms with van der Waals surface area (Å²) < 4.78 is 3.97. The van der Waals surface area contributed by atoms with E-state index in [4.69, 9.17) is 0 Å². The predicted molar refractivity (Wildman–Crippen MR) is 73.5 cm³/mol. The van der Waals surface area contributed by atoms with E-state index in [9.17, 15) is 0 Å². The maximum atomic E-state index is 4.32. The van der Waals surface area contributed by atoms with E-state index in [0.29, 0.717) is 0 Å². The molecule has 0 aromatic carbocycles. The Morgan fingerprint density at radius 2 is 2.00 bits per heavy atom. The zero-order valence-corrected chi connectivity index (χ0v) is 12.1. The van der Waals surface area contributed by atoms with Crippen LogP contribution in [0.15, 0.2) is 18.7 Å². The molecule has 0 amide bonds. The van der Waals surface area contributed by atoms with Gasteiger partial charge in [-0.05, 0) is 20.8 Å². The lowest BCUT2D eigenvalue weighted by Crippen LogP contribution is -2.36. The Bertz CT molecular complexity index is 519. The molecule has 0 saturated heterocycles. The average molecular weight is 262 g/mol. The number of nitrogens with one attached hydrogen (secondary N) is 1. The van der Waals surface area contributed by atoms with Gasteiger partial charge in [0.05, 0.1) is 13.1 Å². The van der Waals surface area contributed by atoms with Gasteiger partial charge >= 0.3 is 0 Å². The highest BCUT2D eigenvalue weighted by Gasteiger charge is 2.12. The molecule has 0 spiro atoms. The molecule has 6 nitrogen and oxygen atoms in total. The Morgan fingerprint density at radius 1 is 1.21 bits per heavy atom. The van der Waals surface area contributed by atoms with Crippen molar-refractivity contribution >= 4 is 0 Å². The fraction of sp³-hybridized carbons (Fsp3) is 0.615. The first kappa shape index (κ1) is 13.7. The van der Waals surface area contributed by atoms with Crippen LogP contribution < -0.4 is 5.32 Å². The highest BCUT2D eigenvalue weighted by molar-refractivity contribution is 4.92. The third kappa shape index (κ3) is 3.89. The van der Waals surface area contributed by atoms with E-state index < -0.39 is 0 Å². The van der Waals surface area contributed by atoms with Gasteiger partial charge in [0.25, 0.3) is 0 Å². The molecule has 0 saturated carbocycles. The molecule has 2 heterocycles. The van der Waals surface area contributed by atoms with Gasteiger partial charge in [0.2, 0.25) is 0 Å². The molecule has 2 aromatic rings. The number of aromatic nitrogens is 5. The van der Waals surface area contributed by atoms with Crippen LogP contribution in [-0.4, -0.2) is 29.9 Å². The van der Waals surface area contributed by atoms with Gasteiger partial charge in [0, 0.05) is 31.4 Å². The Morgan fingerprint density at radius 3 is 2.63 bits per heavy atom. The van der Waals surface area contributed by atoms with Crippen LogP contribution in [0, 0.1) is 0 Å². The van der Waals surface area contributed by atoms with Crippen molar-refractivity contribution in [2.24, 2.45) is 7.05 Å². The van der Waals surface area contributed by atoms with Crippen LogP contribution in [0.5, 0.6) is 0 Å². The predicted octanol–water partition coefficient (Wildman–Crippen LogP) is 1.14. The summed E-state index contributed by atoms with van der Waals surface area (Å²) in [6, 6.07) is 0. The van der Waals surface area contributed by atoms with Crippen molar-refractivity contribution in [1.29, 1.82) is 0 Å². The Balaban J connectivity index is 1.94. The molecule has 0 aliphatic rings. The quantitative estimate of drug-likeness (QED) is 0.878. The van der Waals surface area contributed by atoms with Gasteiger partial charge in [-0.3, -0.25) is 0 Å². The van der Waals surface area contributed by atoms with Gasteiger partial charge in [-0.1, -0.05) is 0 Å². The van der Waals surface area contributed by atoms with Gasteiger partial charge in [0.15, 0.2) is 0 Å². The monoisotopic (exact) mass is 262 g/mol.